The summed E-state index contributed by atoms with van der Waals surface area (Å²) in [5.74, 6) is -1.07. The first-order chi connectivity index (χ1) is 12.8. The molecule has 4 nitrogen and oxygen atoms in total. The molecule has 0 fully saturated rings. The summed E-state index contributed by atoms with van der Waals surface area (Å²) in [5.41, 5.74) is 1.04. The number of methoxy groups -OCH3 is 1. The Kier molecular flexibility index (Phi) is 5.58. The number of ether oxygens (including phenoxy) is 1. The zero-order valence-electron chi connectivity index (χ0n) is 15.0. The number of nitrogens with zero attached hydrogens (tertiary/aromatic N) is 1. The molecule has 2 aromatic carbocycles. The first kappa shape index (κ1) is 19.5. The monoisotopic (exact) mass is 405 g/mol. The molecule has 0 aromatic heterocycles. The van der Waals surface area contributed by atoms with Gasteiger partial charge in [0.2, 0.25) is 0 Å². The average Bonchev–Trinajstić information content (AvgIpc) is 2.87. The molecule has 0 bridgehead atoms. The van der Waals surface area contributed by atoms with Crippen molar-refractivity contribution in [2.24, 2.45) is 0 Å². The Balaban J connectivity index is 2.16. The van der Waals surface area contributed by atoms with E-state index in [-0.39, 0.29) is 21.5 Å². The van der Waals surface area contributed by atoms with Crippen LogP contribution in [0.15, 0.2) is 47.4 Å². The Morgan fingerprint density at radius 1 is 1.11 bits per heavy atom. The highest BCUT2D eigenvalue weighted by atomic mass is 35.5. The fraction of sp³-hybridized carbons (Fsp3) is 0.200. The van der Waals surface area contributed by atoms with Gasteiger partial charge in [0, 0.05) is 10.8 Å². The third-order valence-electron chi connectivity index (χ3n) is 3.93. The summed E-state index contributed by atoms with van der Waals surface area (Å²) in [6.45, 7) is 3.87. The smallest absolute Gasteiger partial charge is 0.272 e. The van der Waals surface area contributed by atoms with E-state index in [0.29, 0.717) is 16.2 Å². The Bertz CT molecular complexity index is 958. The van der Waals surface area contributed by atoms with Crippen LogP contribution in [0.25, 0.3) is 5.57 Å². The fourth-order valence-corrected chi connectivity index (χ4v) is 3.96. The highest BCUT2D eigenvalue weighted by Crippen LogP contribution is 2.42. The van der Waals surface area contributed by atoms with E-state index in [0.717, 1.165) is 11.0 Å². The molecular formula is C20H17ClFNO3S. The predicted octanol–water partition coefficient (Wildman–Crippen LogP) is 4.91. The maximum absolute atomic E-state index is 13.5. The van der Waals surface area contributed by atoms with Crippen molar-refractivity contribution in [3.8, 4) is 5.75 Å². The molecule has 1 aliphatic heterocycles. The van der Waals surface area contributed by atoms with Gasteiger partial charge >= 0.3 is 0 Å². The summed E-state index contributed by atoms with van der Waals surface area (Å²) in [7, 11) is 1.51. The first-order valence-electron chi connectivity index (χ1n) is 8.23. The molecule has 27 heavy (non-hydrogen) atoms. The Hall–Kier alpha value is -2.31. The van der Waals surface area contributed by atoms with Crippen LogP contribution in [0.4, 0.5) is 10.1 Å². The first-order valence-corrected chi connectivity index (χ1v) is 9.49. The SMILES string of the molecule is COc1ccccc1C1=C(SC(C)C)C(=O)N(c2ccc(F)c(Cl)c2)C1=O. The minimum absolute atomic E-state index is 0.0817. The maximum Gasteiger partial charge on any atom is 0.272 e. The van der Waals surface area contributed by atoms with Gasteiger partial charge in [0.05, 0.1) is 28.3 Å². The van der Waals surface area contributed by atoms with Crippen molar-refractivity contribution in [3.63, 3.8) is 0 Å². The third-order valence-corrected chi connectivity index (χ3v) is 5.31. The standard InChI is InChI=1S/C20H17ClFNO3S/c1-11(2)27-18-17(13-6-4-5-7-16(13)26-3)19(24)23(20(18)25)12-8-9-15(22)14(21)10-12/h4-11H,1-3H3. The highest BCUT2D eigenvalue weighted by Gasteiger charge is 2.41. The number of hydrogen-bond donors (Lipinski definition) is 0. The van der Waals surface area contributed by atoms with Crippen LogP contribution < -0.4 is 9.64 Å². The number of carbonyl (C=O) groups is 2. The molecule has 0 spiro atoms. The number of rotatable bonds is 5. The van der Waals surface area contributed by atoms with E-state index in [1.165, 1.54) is 31.0 Å². The zero-order chi connectivity index (χ0) is 19.7. The van der Waals surface area contributed by atoms with Gasteiger partial charge in [-0.3, -0.25) is 9.59 Å². The van der Waals surface area contributed by atoms with Gasteiger partial charge in [0.15, 0.2) is 0 Å². The molecule has 2 amide bonds. The number of benzene rings is 2. The van der Waals surface area contributed by atoms with Gasteiger partial charge < -0.3 is 4.74 Å². The highest BCUT2D eigenvalue weighted by molar-refractivity contribution is 8.04. The maximum atomic E-state index is 13.5. The van der Waals surface area contributed by atoms with Crippen LogP contribution in [0.3, 0.4) is 0 Å². The molecular weight excluding hydrogens is 389 g/mol. The molecule has 0 atom stereocenters. The number of anilines is 1. The van der Waals surface area contributed by atoms with Crippen LogP contribution in [0.5, 0.6) is 5.75 Å². The molecule has 0 N–H and O–H groups in total. The van der Waals surface area contributed by atoms with Gasteiger partial charge in [-0.05, 0) is 24.3 Å². The molecule has 0 saturated carbocycles. The largest absolute Gasteiger partial charge is 0.496 e. The quantitative estimate of drug-likeness (QED) is 0.663. The van der Waals surface area contributed by atoms with Gasteiger partial charge in [-0.1, -0.05) is 43.6 Å². The molecule has 7 heteroatoms. The van der Waals surface area contributed by atoms with Crippen molar-refractivity contribution in [1.82, 2.24) is 0 Å². The third kappa shape index (κ3) is 3.59. The van der Waals surface area contributed by atoms with Crippen molar-refractivity contribution in [3.05, 3.63) is 63.8 Å². The van der Waals surface area contributed by atoms with Crippen LogP contribution in [-0.2, 0) is 9.59 Å². The van der Waals surface area contributed by atoms with Gasteiger partial charge in [-0.15, -0.1) is 11.8 Å². The number of halogens is 2. The van der Waals surface area contributed by atoms with Crippen molar-refractivity contribution in [1.29, 1.82) is 0 Å². The van der Waals surface area contributed by atoms with Gasteiger partial charge in [0.1, 0.15) is 11.6 Å². The second kappa shape index (κ2) is 7.74. The van der Waals surface area contributed by atoms with E-state index in [4.69, 9.17) is 16.3 Å². The summed E-state index contributed by atoms with van der Waals surface area (Å²) < 4.78 is 18.9. The van der Waals surface area contributed by atoms with Crippen molar-refractivity contribution in [2.45, 2.75) is 19.1 Å². The van der Waals surface area contributed by atoms with Crippen molar-refractivity contribution >= 4 is 46.4 Å². The Morgan fingerprint density at radius 3 is 2.44 bits per heavy atom. The molecule has 3 rings (SSSR count). The Morgan fingerprint density at radius 2 is 1.81 bits per heavy atom. The summed E-state index contributed by atoms with van der Waals surface area (Å²) >= 11 is 7.15. The number of hydrogen-bond acceptors (Lipinski definition) is 4. The van der Waals surface area contributed by atoms with E-state index in [1.807, 2.05) is 13.8 Å². The number of thioether (sulfide) groups is 1. The van der Waals surface area contributed by atoms with Crippen LogP contribution in [0, 0.1) is 5.82 Å². The number of para-hydroxylation sites is 1. The lowest BCUT2D eigenvalue weighted by atomic mass is 10.0. The molecule has 140 valence electrons. The summed E-state index contributed by atoms with van der Waals surface area (Å²) in [6.07, 6.45) is 0. The summed E-state index contributed by atoms with van der Waals surface area (Å²) in [4.78, 5) is 27.7. The van der Waals surface area contributed by atoms with Crippen LogP contribution in [-0.4, -0.2) is 24.2 Å². The van der Waals surface area contributed by atoms with E-state index >= 15 is 0 Å². The molecule has 0 saturated heterocycles. The second-order valence-electron chi connectivity index (χ2n) is 6.12. The number of carbonyl (C=O) groups excluding carboxylic acids is 2. The molecule has 0 aliphatic carbocycles. The summed E-state index contributed by atoms with van der Waals surface area (Å²) in [5, 5.41) is -0.0740. The van der Waals surface area contributed by atoms with E-state index in [2.05, 4.69) is 0 Å². The van der Waals surface area contributed by atoms with Crippen LogP contribution in [0.1, 0.15) is 19.4 Å². The Labute approximate surface area is 166 Å². The molecule has 2 aromatic rings. The molecule has 0 radical (unpaired) electrons. The van der Waals surface area contributed by atoms with Crippen molar-refractivity contribution in [2.75, 3.05) is 12.0 Å². The van der Waals surface area contributed by atoms with E-state index in [9.17, 15) is 14.0 Å². The van der Waals surface area contributed by atoms with Crippen molar-refractivity contribution < 1.29 is 18.7 Å². The van der Waals surface area contributed by atoms with Crippen LogP contribution in [0.2, 0.25) is 5.02 Å². The van der Waals surface area contributed by atoms with Gasteiger partial charge in [-0.25, -0.2) is 9.29 Å². The van der Waals surface area contributed by atoms with Crippen LogP contribution >= 0.6 is 23.4 Å². The number of imide groups is 1. The predicted molar refractivity (Wildman–Crippen MR) is 107 cm³/mol. The summed E-state index contributed by atoms with van der Waals surface area (Å²) in [6, 6.07) is 10.8. The lowest BCUT2D eigenvalue weighted by Gasteiger charge is -2.16. The fourth-order valence-electron chi connectivity index (χ4n) is 2.80. The second-order valence-corrected chi connectivity index (χ2v) is 8.11. The molecule has 1 heterocycles. The molecule has 1 aliphatic rings. The van der Waals surface area contributed by atoms with Gasteiger partial charge in [0.25, 0.3) is 11.8 Å². The van der Waals surface area contributed by atoms with E-state index in [1.54, 1.807) is 24.3 Å². The van der Waals surface area contributed by atoms with Gasteiger partial charge in [-0.2, -0.15) is 0 Å². The zero-order valence-corrected chi connectivity index (χ0v) is 16.5. The van der Waals surface area contributed by atoms with E-state index < -0.39 is 17.6 Å². The lowest BCUT2D eigenvalue weighted by Crippen LogP contribution is -2.31. The molecule has 0 unspecified atom stereocenters. The minimum atomic E-state index is -0.616. The normalized spacial score (nSPS) is 14.5. The number of amides is 2. The minimum Gasteiger partial charge on any atom is -0.496 e. The average molecular weight is 406 g/mol. The lowest BCUT2D eigenvalue weighted by molar-refractivity contribution is -0.119. The topological polar surface area (TPSA) is 46.6 Å².